The molecule has 0 saturated carbocycles. The number of benzene rings is 1. The van der Waals surface area contributed by atoms with Crippen LogP contribution < -0.4 is 14.8 Å². The molecule has 0 unspecified atom stereocenters. The number of amides is 1. The molecular weight excluding hydrogens is 368 g/mol. The molecule has 0 spiro atoms. The number of likely N-dealkylation sites (tertiary alicyclic amines) is 1. The molecule has 0 radical (unpaired) electrons. The zero-order valence-electron chi connectivity index (χ0n) is 38.2. The Morgan fingerprint density at radius 1 is 1.28 bits per heavy atom. The van der Waals surface area contributed by atoms with Crippen LogP contribution in [0.3, 0.4) is 0 Å². The average Bonchev–Trinajstić information content (AvgIpc) is 3.03. The van der Waals surface area contributed by atoms with E-state index < -0.39 is 101 Å². The topological polar surface area (TPSA) is 71.0 Å². The van der Waals surface area contributed by atoms with Gasteiger partial charge in [-0.25, -0.2) is 0 Å². The predicted molar refractivity (Wildman–Crippen MR) is 113 cm³/mol. The first-order valence-electron chi connectivity index (χ1n) is 20.0. The number of hydrogen-bond donors (Lipinski definition) is 2. The van der Waals surface area contributed by atoms with E-state index in [9.17, 15) is 9.90 Å². The minimum atomic E-state index is -4.38. The summed E-state index contributed by atoms with van der Waals surface area (Å²) in [4.78, 5) is 13.3. The highest BCUT2D eigenvalue weighted by atomic mass is 16.6. The van der Waals surface area contributed by atoms with E-state index in [0.717, 1.165) is 18.2 Å². The lowest BCUT2D eigenvalue weighted by Gasteiger charge is -2.29. The van der Waals surface area contributed by atoms with Gasteiger partial charge in [-0.1, -0.05) is 38.4 Å². The third-order valence-corrected chi connectivity index (χ3v) is 3.68. The molecule has 0 aliphatic carbocycles. The highest BCUT2D eigenvalue weighted by Crippen LogP contribution is 2.33. The first-order chi connectivity index (χ1) is 22.8. The van der Waals surface area contributed by atoms with Crippen molar-refractivity contribution in [3.8, 4) is 11.5 Å². The maximum atomic E-state index is 13.5. The van der Waals surface area contributed by atoms with Crippen molar-refractivity contribution in [3.05, 3.63) is 23.8 Å². The molecule has 1 amide bonds. The van der Waals surface area contributed by atoms with Crippen molar-refractivity contribution >= 4 is 5.91 Å². The number of aliphatic hydroxyl groups is 1. The average molecular weight is 428 g/mol. The van der Waals surface area contributed by atoms with Gasteiger partial charge >= 0.3 is 0 Å². The third-order valence-electron chi connectivity index (χ3n) is 3.68. The molecule has 2 atom stereocenters. The number of hydrogen-bond acceptors (Lipinski definition) is 5. The minimum Gasteiger partial charge on any atom is -0.486 e. The summed E-state index contributed by atoms with van der Waals surface area (Å²) in [6.07, 6.45) is -34.0. The van der Waals surface area contributed by atoms with Crippen LogP contribution in [-0.4, -0.2) is 54.7 Å². The highest BCUT2D eigenvalue weighted by molar-refractivity contribution is 5.76. The van der Waals surface area contributed by atoms with Gasteiger partial charge in [0.05, 0.1) is 8.76 Å². The Balaban J connectivity index is 2.14. The number of nitrogens with zero attached hydrogens (tertiary/aromatic N) is 1. The van der Waals surface area contributed by atoms with Crippen molar-refractivity contribution in [2.75, 3.05) is 32.8 Å². The molecule has 6 nitrogen and oxygen atoms in total. The highest BCUT2D eigenvalue weighted by Gasteiger charge is 2.27. The Kier molecular flexibility index (Phi) is 2.70. The number of carbonyl (C=O) groups excluding carboxylic acids is 1. The van der Waals surface area contributed by atoms with Gasteiger partial charge in [-0.3, -0.25) is 4.79 Å². The lowest BCUT2D eigenvalue weighted by molar-refractivity contribution is -0.123. The molecule has 0 aromatic heterocycles. The lowest BCUT2D eigenvalue weighted by atomic mass is 10.0. The van der Waals surface area contributed by atoms with Gasteiger partial charge in [-0.05, 0) is 49.8 Å². The smallest absolute Gasteiger partial charge is 0.220 e. The van der Waals surface area contributed by atoms with Crippen molar-refractivity contribution in [2.45, 2.75) is 70.0 Å². The predicted octanol–water partition coefficient (Wildman–Crippen LogP) is 3.43. The molecule has 0 bridgehead atoms. The Morgan fingerprint density at radius 2 is 2.03 bits per heavy atom. The van der Waals surface area contributed by atoms with Crippen molar-refractivity contribution in [3.63, 3.8) is 0 Å². The summed E-state index contributed by atoms with van der Waals surface area (Å²) < 4.78 is 197. The fourth-order valence-electron chi connectivity index (χ4n) is 2.44. The molecule has 29 heavy (non-hydrogen) atoms. The van der Waals surface area contributed by atoms with Crippen LogP contribution in [0.2, 0.25) is 0 Å². The van der Waals surface area contributed by atoms with Crippen LogP contribution in [0.15, 0.2) is 18.2 Å². The quantitative estimate of drug-likeness (QED) is 0.566. The fraction of sp³-hybridized carbons (Fsp3) is 0.696. The molecule has 2 heterocycles. The van der Waals surface area contributed by atoms with Crippen molar-refractivity contribution in [1.82, 2.24) is 10.2 Å². The van der Waals surface area contributed by atoms with E-state index in [1.165, 1.54) is 0 Å². The zero-order chi connectivity index (χ0) is 41.0. The summed E-state index contributed by atoms with van der Waals surface area (Å²) in [6, 6.07) is -0.524. The SMILES string of the molecule is [2H]C([2H])([2H])C([2H])([2H])C([2H])([2H])C([2H])([2H])C([2H])([2H])C([2H])([2H])CC(=O)N[C@]([2H])(CN1C([2H])([2H])C([2H])([2H])C([2H])([2H])C1([2H])[2H])[C@]([2H])(O)c1ccc2c(c1)OCCO2. The second-order valence-corrected chi connectivity index (χ2v) is 5.65. The van der Waals surface area contributed by atoms with Crippen LogP contribution >= 0.6 is 0 Å². The molecule has 1 fully saturated rings. The van der Waals surface area contributed by atoms with Crippen molar-refractivity contribution < 1.29 is 50.9 Å². The second-order valence-electron chi connectivity index (χ2n) is 5.65. The second kappa shape index (κ2) is 11.4. The van der Waals surface area contributed by atoms with Gasteiger partial charge in [0.2, 0.25) is 5.91 Å². The summed E-state index contributed by atoms with van der Waals surface area (Å²) in [5.74, 6) is -1.93. The molecule has 2 aliphatic rings. The normalized spacial score (nSPS) is 42.2. The van der Waals surface area contributed by atoms with E-state index in [1.807, 2.05) is 0 Å². The molecule has 1 saturated heterocycles. The summed E-state index contributed by atoms with van der Waals surface area (Å²) in [7, 11) is 0. The third kappa shape index (κ3) is 6.61. The van der Waals surface area contributed by atoms with Crippen LogP contribution in [0.5, 0.6) is 11.5 Å². The molecule has 2 N–H and O–H groups in total. The Morgan fingerprint density at radius 3 is 2.83 bits per heavy atom. The van der Waals surface area contributed by atoms with E-state index in [4.69, 9.17) is 41.0 Å². The van der Waals surface area contributed by atoms with E-state index >= 15 is 0 Å². The molecular formula is C23H36N2O4. The molecule has 1 aromatic rings. The number of ether oxygens (including phenoxy) is 2. The van der Waals surface area contributed by atoms with Gasteiger partial charge in [-0.2, -0.15) is 0 Å². The van der Waals surface area contributed by atoms with Gasteiger partial charge in [-0.15, -0.1) is 0 Å². The first-order valence-corrected chi connectivity index (χ1v) is 8.48. The van der Waals surface area contributed by atoms with E-state index in [0.29, 0.717) is 0 Å². The molecule has 162 valence electrons. The van der Waals surface area contributed by atoms with Crippen molar-refractivity contribution in [2.24, 2.45) is 0 Å². The molecule has 1 aromatic carbocycles. The van der Waals surface area contributed by atoms with Gasteiger partial charge in [0.25, 0.3) is 0 Å². The lowest BCUT2D eigenvalue weighted by Crippen LogP contribution is -2.46. The summed E-state index contributed by atoms with van der Waals surface area (Å²) in [6.45, 7) is -13.0. The zero-order valence-corrected chi connectivity index (χ0v) is 15.2. The van der Waals surface area contributed by atoms with Crippen LogP contribution in [0.25, 0.3) is 0 Å². The Hall–Kier alpha value is -1.79. The fourth-order valence-corrected chi connectivity index (χ4v) is 2.44. The first kappa shape index (κ1) is 6.86. The number of nitrogens with one attached hydrogen (secondary N) is 1. The Labute approximate surface area is 206 Å². The van der Waals surface area contributed by atoms with E-state index in [1.54, 1.807) is 5.32 Å². The number of rotatable bonds is 11. The molecule has 6 heteroatoms. The standard InChI is InChI=1S/C23H36N2O4/c1-2-3-4-5-6-9-22(26)24-19(17-25-12-7-8-13-25)23(27)18-10-11-20-21(16-18)29-15-14-28-20/h10-11,16,19,23,27H,2-9,12-15,17H2,1H3,(H,24,26)/t19-,23-/m1/s1/i1D3,2D2,3D2,4D2,5D2,6D2,7D2,8D2,12D2,13D2,19D,23D. The summed E-state index contributed by atoms with van der Waals surface area (Å²) >= 11 is 0. The minimum absolute atomic E-state index is 0.0234. The largest absolute Gasteiger partial charge is 0.486 e. The number of carbonyl (C=O) groups is 1. The molecule has 3 rings (SSSR count). The van der Waals surface area contributed by atoms with E-state index in [2.05, 4.69) is 0 Å². The van der Waals surface area contributed by atoms with E-state index in [-0.39, 0.29) is 29.6 Å². The van der Waals surface area contributed by atoms with Gasteiger partial charge in [0, 0.05) is 41.8 Å². The van der Waals surface area contributed by atoms with Gasteiger partial charge < -0.3 is 24.8 Å². The maximum Gasteiger partial charge on any atom is 0.220 e. The van der Waals surface area contributed by atoms with Crippen LogP contribution in [0, 0.1) is 0 Å². The number of fused-ring (bicyclic) bond motifs is 1. The Bertz CT molecular complexity index is 1520. The summed E-state index contributed by atoms with van der Waals surface area (Å²) in [5.41, 5.74) is -0.645. The van der Waals surface area contributed by atoms with Crippen LogP contribution in [-0.2, 0) is 4.79 Å². The monoisotopic (exact) mass is 427 g/mol. The maximum absolute atomic E-state index is 13.5. The van der Waals surface area contributed by atoms with Crippen LogP contribution in [0.1, 0.15) is 101 Å². The van der Waals surface area contributed by atoms with Gasteiger partial charge in [0.1, 0.15) is 19.3 Å². The van der Waals surface area contributed by atoms with Crippen LogP contribution in [0.4, 0.5) is 0 Å². The summed E-state index contributed by atoms with van der Waals surface area (Å²) in [5, 5.41) is 13.3. The van der Waals surface area contributed by atoms with Gasteiger partial charge in [0.15, 0.2) is 11.5 Å². The molecule has 2 aliphatic heterocycles. The van der Waals surface area contributed by atoms with Crippen molar-refractivity contribution in [1.29, 1.82) is 0 Å².